The molecule has 0 heterocycles. The number of carbonyl (C=O) groups is 2. The molecule has 6 heteroatoms. The van der Waals surface area contributed by atoms with Gasteiger partial charge in [-0.1, -0.05) is 42.5 Å². The van der Waals surface area contributed by atoms with Gasteiger partial charge in [0.25, 0.3) is 0 Å². The first kappa shape index (κ1) is 16.4. The monoisotopic (exact) mass is 315 g/mol. The number of amides is 1. The highest BCUT2D eigenvalue weighted by Gasteiger charge is 2.23. The first-order valence-electron chi connectivity index (χ1n) is 6.95. The van der Waals surface area contributed by atoms with E-state index in [4.69, 9.17) is 14.6 Å². The minimum Gasteiger partial charge on any atom is -0.495 e. The summed E-state index contributed by atoms with van der Waals surface area (Å²) in [5.41, 5.74) is 1.16. The van der Waals surface area contributed by atoms with Crippen LogP contribution in [-0.2, 0) is 16.1 Å². The molecule has 0 spiro atoms. The molecule has 120 valence electrons. The van der Waals surface area contributed by atoms with Crippen LogP contribution in [0, 0.1) is 0 Å². The van der Waals surface area contributed by atoms with Crippen molar-refractivity contribution in [3.05, 3.63) is 60.2 Å². The Labute approximate surface area is 133 Å². The SMILES string of the molecule is COc1ccccc1N(CC(=O)O)C(=O)OCc1ccccc1. The van der Waals surface area contributed by atoms with Crippen LogP contribution in [0.2, 0.25) is 0 Å². The number of para-hydroxylation sites is 2. The smallest absolute Gasteiger partial charge is 0.415 e. The van der Waals surface area contributed by atoms with E-state index >= 15 is 0 Å². The van der Waals surface area contributed by atoms with Crippen molar-refractivity contribution in [3.8, 4) is 5.75 Å². The molecule has 0 saturated carbocycles. The highest BCUT2D eigenvalue weighted by atomic mass is 16.6. The second-order valence-electron chi connectivity index (χ2n) is 4.69. The van der Waals surface area contributed by atoms with E-state index in [-0.39, 0.29) is 6.61 Å². The van der Waals surface area contributed by atoms with Gasteiger partial charge in [0, 0.05) is 0 Å². The Morgan fingerprint density at radius 2 is 1.70 bits per heavy atom. The predicted octanol–water partition coefficient (Wildman–Crippen LogP) is 2.92. The van der Waals surface area contributed by atoms with Crippen LogP contribution >= 0.6 is 0 Å². The summed E-state index contributed by atoms with van der Waals surface area (Å²) in [6, 6.07) is 15.8. The molecule has 0 aliphatic carbocycles. The van der Waals surface area contributed by atoms with Crippen LogP contribution in [0.1, 0.15) is 5.56 Å². The Morgan fingerprint density at radius 1 is 1.04 bits per heavy atom. The Kier molecular flexibility index (Phi) is 5.57. The van der Waals surface area contributed by atoms with Gasteiger partial charge in [0.05, 0.1) is 12.8 Å². The van der Waals surface area contributed by atoms with E-state index in [1.807, 2.05) is 30.3 Å². The summed E-state index contributed by atoms with van der Waals surface area (Å²) in [7, 11) is 1.45. The van der Waals surface area contributed by atoms with Gasteiger partial charge in [-0.25, -0.2) is 4.79 Å². The lowest BCUT2D eigenvalue weighted by Gasteiger charge is -2.22. The Bertz CT molecular complexity index is 672. The van der Waals surface area contributed by atoms with Crippen LogP contribution in [0.3, 0.4) is 0 Å². The predicted molar refractivity (Wildman–Crippen MR) is 84.6 cm³/mol. The fourth-order valence-corrected chi connectivity index (χ4v) is 2.03. The lowest BCUT2D eigenvalue weighted by molar-refractivity contribution is -0.135. The van der Waals surface area contributed by atoms with Crippen molar-refractivity contribution in [1.29, 1.82) is 0 Å². The molecule has 1 N–H and O–H groups in total. The fraction of sp³-hybridized carbons (Fsp3) is 0.176. The minimum atomic E-state index is -1.15. The van der Waals surface area contributed by atoms with Gasteiger partial charge in [-0.15, -0.1) is 0 Å². The summed E-state index contributed by atoms with van der Waals surface area (Å²) in [4.78, 5) is 24.4. The molecule has 0 saturated heterocycles. The Balaban J connectivity index is 2.17. The van der Waals surface area contributed by atoms with Crippen molar-refractivity contribution in [2.45, 2.75) is 6.61 Å². The minimum absolute atomic E-state index is 0.0605. The van der Waals surface area contributed by atoms with Crippen molar-refractivity contribution in [1.82, 2.24) is 0 Å². The fourth-order valence-electron chi connectivity index (χ4n) is 2.03. The number of carboxylic acids is 1. The van der Waals surface area contributed by atoms with Crippen LogP contribution in [0.5, 0.6) is 5.75 Å². The van der Waals surface area contributed by atoms with Gasteiger partial charge >= 0.3 is 12.1 Å². The number of ether oxygens (including phenoxy) is 2. The third-order valence-electron chi connectivity index (χ3n) is 3.09. The van der Waals surface area contributed by atoms with Crippen molar-refractivity contribution in [3.63, 3.8) is 0 Å². The molecule has 0 unspecified atom stereocenters. The van der Waals surface area contributed by atoms with E-state index < -0.39 is 18.6 Å². The molecule has 2 aromatic carbocycles. The summed E-state index contributed by atoms with van der Waals surface area (Å²) < 4.78 is 10.4. The second kappa shape index (κ2) is 7.84. The van der Waals surface area contributed by atoms with Crippen molar-refractivity contribution >= 4 is 17.7 Å². The standard InChI is InChI=1S/C17H17NO5/c1-22-15-10-6-5-9-14(15)18(11-16(19)20)17(21)23-12-13-7-3-2-4-8-13/h2-10H,11-12H2,1H3,(H,19,20). The zero-order chi connectivity index (χ0) is 16.7. The quantitative estimate of drug-likeness (QED) is 0.887. The molecule has 23 heavy (non-hydrogen) atoms. The molecule has 1 amide bonds. The summed E-state index contributed by atoms with van der Waals surface area (Å²) in [5.74, 6) is -0.752. The molecule has 0 radical (unpaired) electrons. The normalized spacial score (nSPS) is 9.96. The summed E-state index contributed by atoms with van der Waals surface area (Å²) in [6.07, 6.45) is -0.749. The van der Waals surface area contributed by atoms with Crippen LogP contribution in [0.25, 0.3) is 0 Å². The molecule has 0 bridgehead atoms. The first-order chi connectivity index (χ1) is 11.1. The number of hydrogen-bond donors (Lipinski definition) is 1. The average Bonchev–Trinajstić information content (AvgIpc) is 2.58. The van der Waals surface area contributed by atoms with E-state index in [0.717, 1.165) is 10.5 Å². The highest BCUT2D eigenvalue weighted by molar-refractivity contribution is 5.94. The maximum absolute atomic E-state index is 12.3. The molecule has 6 nitrogen and oxygen atoms in total. The number of aliphatic carboxylic acids is 1. The van der Waals surface area contributed by atoms with Gasteiger partial charge in [0.2, 0.25) is 0 Å². The van der Waals surface area contributed by atoms with Crippen molar-refractivity contribution in [2.75, 3.05) is 18.6 Å². The van der Waals surface area contributed by atoms with Crippen LogP contribution in [0.15, 0.2) is 54.6 Å². The van der Waals surface area contributed by atoms with Gasteiger partial charge in [0.15, 0.2) is 0 Å². The number of hydrogen-bond acceptors (Lipinski definition) is 4. The topological polar surface area (TPSA) is 76.1 Å². The molecule has 0 aliphatic rings. The van der Waals surface area contributed by atoms with E-state index in [9.17, 15) is 9.59 Å². The molecule has 0 aromatic heterocycles. The third kappa shape index (κ3) is 4.47. The molecular weight excluding hydrogens is 298 g/mol. The van der Waals surface area contributed by atoms with E-state index in [1.165, 1.54) is 7.11 Å². The highest BCUT2D eigenvalue weighted by Crippen LogP contribution is 2.28. The first-order valence-corrected chi connectivity index (χ1v) is 6.95. The number of rotatable bonds is 6. The van der Waals surface area contributed by atoms with Crippen molar-refractivity contribution < 1.29 is 24.2 Å². The molecule has 0 aliphatic heterocycles. The zero-order valence-electron chi connectivity index (χ0n) is 12.6. The van der Waals surface area contributed by atoms with Gasteiger partial charge in [0.1, 0.15) is 18.9 Å². The van der Waals surface area contributed by atoms with Gasteiger partial charge in [-0.3, -0.25) is 9.69 Å². The Hall–Kier alpha value is -3.02. The van der Waals surface area contributed by atoms with E-state index in [1.54, 1.807) is 24.3 Å². The molecule has 2 rings (SSSR count). The van der Waals surface area contributed by atoms with Crippen LogP contribution < -0.4 is 9.64 Å². The van der Waals surface area contributed by atoms with E-state index in [2.05, 4.69) is 0 Å². The number of carbonyl (C=O) groups excluding carboxylic acids is 1. The maximum atomic E-state index is 12.3. The van der Waals surface area contributed by atoms with Gasteiger partial charge in [-0.05, 0) is 17.7 Å². The van der Waals surface area contributed by atoms with Crippen LogP contribution in [-0.4, -0.2) is 30.8 Å². The zero-order valence-corrected chi connectivity index (χ0v) is 12.6. The second-order valence-corrected chi connectivity index (χ2v) is 4.69. The van der Waals surface area contributed by atoms with Crippen LogP contribution in [0.4, 0.5) is 10.5 Å². The number of benzene rings is 2. The Morgan fingerprint density at radius 3 is 2.35 bits per heavy atom. The largest absolute Gasteiger partial charge is 0.495 e. The summed E-state index contributed by atoms with van der Waals surface area (Å²) in [5, 5.41) is 9.05. The lowest BCUT2D eigenvalue weighted by Crippen LogP contribution is -2.36. The van der Waals surface area contributed by atoms with E-state index in [0.29, 0.717) is 11.4 Å². The van der Waals surface area contributed by atoms with Crippen molar-refractivity contribution in [2.24, 2.45) is 0 Å². The number of methoxy groups -OCH3 is 1. The third-order valence-corrected chi connectivity index (χ3v) is 3.09. The summed E-state index contributed by atoms with van der Waals surface area (Å²) >= 11 is 0. The van der Waals surface area contributed by atoms with Gasteiger partial charge in [-0.2, -0.15) is 0 Å². The molecule has 0 fully saturated rings. The number of carboxylic acid groups (broad SMARTS) is 1. The van der Waals surface area contributed by atoms with Gasteiger partial charge < -0.3 is 14.6 Å². The molecular formula is C17H17NO5. The molecule has 2 aromatic rings. The average molecular weight is 315 g/mol. The number of anilines is 1. The summed E-state index contributed by atoms with van der Waals surface area (Å²) in [6.45, 7) is -0.459. The maximum Gasteiger partial charge on any atom is 0.415 e. The number of nitrogens with zero attached hydrogens (tertiary/aromatic N) is 1. The molecule has 0 atom stereocenters. The lowest BCUT2D eigenvalue weighted by atomic mass is 10.2.